The van der Waals surface area contributed by atoms with Crippen LogP contribution in [0.25, 0.3) is 0 Å². The smallest absolute Gasteiger partial charge is 0.305 e. The van der Waals surface area contributed by atoms with Crippen LogP contribution >= 0.6 is 0 Å². The van der Waals surface area contributed by atoms with Crippen LogP contribution in [0, 0.1) is 5.92 Å². The third-order valence-corrected chi connectivity index (χ3v) is 3.63. The Kier molecular flexibility index (Phi) is 4.13. The Morgan fingerprint density at radius 3 is 2.72 bits per heavy atom. The predicted octanol–water partition coefficient (Wildman–Crippen LogP) is 2.70. The fourth-order valence-corrected chi connectivity index (χ4v) is 2.76. The topological polar surface area (TPSA) is 43.4 Å². The number of rotatable bonds is 3. The van der Waals surface area contributed by atoms with E-state index in [1.165, 1.54) is 7.11 Å². The van der Waals surface area contributed by atoms with Gasteiger partial charge in [-0.05, 0) is 24.3 Å². The molecular formula is C15H18O3. The molecule has 0 radical (unpaired) electrons. The molecule has 0 saturated heterocycles. The number of carbonyl (C=O) groups excluding carboxylic acids is 2. The van der Waals surface area contributed by atoms with Crippen LogP contribution in [0.1, 0.15) is 37.2 Å². The first kappa shape index (κ1) is 12.8. The lowest BCUT2D eigenvalue weighted by molar-refractivity contribution is -0.142. The van der Waals surface area contributed by atoms with E-state index in [9.17, 15) is 9.59 Å². The van der Waals surface area contributed by atoms with E-state index in [1.54, 1.807) is 0 Å². The Hall–Kier alpha value is -1.64. The highest BCUT2D eigenvalue weighted by atomic mass is 16.5. The lowest BCUT2D eigenvalue weighted by Gasteiger charge is -2.30. The average Bonchev–Trinajstić information content (AvgIpc) is 2.40. The zero-order chi connectivity index (χ0) is 13.0. The normalized spacial score (nSPS) is 23.7. The van der Waals surface area contributed by atoms with Crippen molar-refractivity contribution < 1.29 is 14.3 Å². The number of methoxy groups -OCH3 is 1. The van der Waals surface area contributed by atoms with Crippen molar-refractivity contribution in [2.24, 2.45) is 5.92 Å². The Labute approximate surface area is 107 Å². The molecule has 1 fully saturated rings. The Balaban J connectivity index is 2.21. The maximum Gasteiger partial charge on any atom is 0.305 e. The van der Waals surface area contributed by atoms with Gasteiger partial charge in [0, 0.05) is 18.8 Å². The number of benzene rings is 1. The Morgan fingerprint density at radius 1 is 1.33 bits per heavy atom. The number of ether oxygens (including phenoxy) is 1. The number of hydrogen-bond donors (Lipinski definition) is 0. The number of hydrogen-bond acceptors (Lipinski definition) is 3. The van der Waals surface area contributed by atoms with Gasteiger partial charge in [-0.1, -0.05) is 30.3 Å². The van der Waals surface area contributed by atoms with Crippen molar-refractivity contribution in [1.29, 1.82) is 0 Å². The zero-order valence-electron chi connectivity index (χ0n) is 10.6. The molecule has 1 saturated carbocycles. The average molecular weight is 246 g/mol. The van der Waals surface area contributed by atoms with Crippen LogP contribution in [-0.4, -0.2) is 18.9 Å². The molecule has 1 aliphatic carbocycles. The third kappa shape index (κ3) is 2.78. The molecule has 2 rings (SSSR count). The van der Waals surface area contributed by atoms with Crippen LogP contribution in [-0.2, 0) is 14.3 Å². The van der Waals surface area contributed by atoms with Crippen LogP contribution in [0.2, 0.25) is 0 Å². The monoisotopic (exact) mass is 246 g/mol. The van der Waals surface area contributed by atoms with Gasteiger partial charge in [-0.3, -0.25) is 9.59 Å². The predicted molar refractivity (Wildman–Crippen MR) is 68.2 cm³/mol. The van der Waals surface area contributed by atoms with Crippen LogP contribution in [0.3, 0.4) is 0 Å². The molecule has 0 spiro atoms. The van der Waals surface area contributed by atoms with E-state index in [0.717, 1.165) is 18.4 Å². The maximum atomic E-state index is 12.1. The number of ketones is 1. The summed E-state index contributed by atoms with van der Waals surface area (Å²) in [6, 6.07) is 9.75. The van der Waals surface area contributed by atoms with Crippen molar-refractivity contribution in [3.63, 3.8) is 0 Å². The molecule has 0 bridgehead atoms. The van der Waals surface area contributed by atoms with Crippen molar-refractivity contribution in [1.82, 2.24) is 0 Å². The molecule has 96 valence electrons. The minimum atomic E-state index is -0.226. The summed E-state index contributed by atoms with van der Waals surface area (Å²) >= 11 is 0. The van der Waals surface area contributed by atoms with E-state index in [4.69, 9.17) is 4.74 Å². The summed E-state index contributed by atoms with van der Waals surface area (Å²) in [5.41, 5.74) is 1.02. The highest BCUT2D eigenvalue weighted by Crippen LogP contribution is 2.37. The van der Waals surface area contributed by atoms with Gasteiger partial charge in [0.2, 0.25) is 0 Å². The summed E-state index contributed by atoms with van der Waals surface area (Å²) in [4.78, 5) is 23.6. The van der Waals surface area contributed by atoms with Crippen molar-refractivity contribution in [2.45, 2.75) is 31.6 Å². The molecular weight excluding hydrogens is 228 g/mol. The van der Waals surface area contributed by atoms with Gasteiger partial charge in [0.15, 0.2) is 0 Å². The summed E-state index contributed by atoms with van der Waals surface area (Å²) in [6.07, 6.45) is 2.75. The molecule has 0 N–H and O–H groups in total. The van der Waals surface area contributed by atoms with Crippen molar-refractivity contribution >= 4 is 11.8 Å². The molecule has 0 aliphatic heterocycles. The van der Waals surface area contributed by atoms with E-state index < -0.39 is 0 Å². The summed E-state index contributed by atoms with van der Waals surface area (Å²) in [6.45, 7) is 0. The van der Waals surface area contributed by atoms with Gasteiger partial charge in [0.25, 0.3) is 0 Å². The molecule has 2 atom stereocenters. The van der Waals surface area contributed by atoms with Gasteiger partial charge in [-0.25, -0.2) is 0 Å². The molecule has 1 aliphatic rings. The Morgan fingerprint density at radius 2 is 2.06 bits per heavy atom. The molecule has 1 aromatic carbocycles. The van der Waals surface area contributed by atoms with Gasteiger partial charge < -0.3 is 4.74 Å². The first-order valence-corrected chi connectivity index (χ1v) is 6.37. The summed E-state index contributed by atoms with van der Waals surface area (Å²) in [5, 5.41) is 0. The van der Waals surface area contributed by atoms with Gasteiger partial charge in [0.1, 0.15) is 5.78 Å². The Bertz CT molecular complexity index is 425. The van der Waals surface area contributed by atoms with Crippen molar-refractivity contribution in [3.8, 4) is 0 Å². The summed E-state index contributed by atoms with van der Waals surface area (Å²) in [7, 11) is 1.39. The fraction of sp³-hybridized carbons (Fsp3) is 0.467. The van der Waals surface area contributed by atoms with Crippen molar-refractivity contribution in [2.75, 3.05) is 7.11 Å². The highest BCUT2D eigenvalue weighted by Gasteiger charge is 2.34. The van der Waals surface area contributed by atoms with E-state index in [-0.39, 0.29) is 23.6 Å². The lowest BCUT2D eigenvalue weighted by Crippen LogP contribution is -2.28. The van der Waals surface area contributed by atoms with E-state index in [2.05, 4.69) is 0 Å². The number of Topliss-reactive ketones (excluding diaryl/α,β-unsaturated/α-hetero) is 1. The molecule has 3 nitrogen and oxygen atoms in total. The van der Waals surface area contributed by atoms with E-state index in [0.29, 0.717) is 12.8 Å². The second kappa shape index (κ2) is 5.80. The van der Waals surface area contributed by atoms with Gasteiger partial charge in [0.05, 0.1) is 7.11 Å². The molecule has 0 aromatic heterocycles. The van der Waals surface area contributed by atoms with Crippen LogP contribution < -0.4 is 0 Å². The minimum absolute atomic E-state index is 0.0844. The van der Waals surface area contributed by atoms with E-state index in [1.807, 2.05) is 30.3 Å². The van der Waals surface area contributed by atoms with Crippen LogP contribution in [0.4, 0.5) is 0 Å². The number of esters is 1. The second-order valence-electron chi connectivity index (χ2n) is 4.79. The molecule has 0 heterocycles. The van der Waals surface area contributed by atoms with Crippen molar-refractivity contribution in [3.05, 3.63) is 35.9 Å². The zero-order valence-corrected chi connectivity index (χ0v) is 10.6. The van der Waals surface area contributed by atoms with Gasteiger partial charge in [-0.2, -0.15) is 0 Å². The lowest BCUT2D eigenvalue weighted by atomic mass is 9.73. The van der Waals surface area contributed by atoms with Crippen LogP contribution in [0.15, 0.2) is 30.3 Å². The standard InChI is InChI=1S/C15H18O3/c1-18-14(17)10-12-8-5-9-13(16)15(12)11-6-3-2-4-7-11/h2-4,6-7,12,15H,5,8-10H2,1H3/t12-,15-/m1/s1. The molecule has 0 amide bonds. The van der Waals surface area contributed by atoms with Gasteiger partial charge >= 0.3 is 5.97 Å². The fourth-order valence-electron chi connectivity index (χ4n) is 2.76. The summed E-state index contributed by atoms with van der Waals surface area (Å²) in [5.74, 6) is -0.0304. The molecule has 18 heavy (non-hydrogen) atoms. The molecule has 0 unspecified atom stereocenters. The van der Waals surface area contributed by atoms with E-state index >= 15 is 0 Å². The SMILES string of the molecule is COC(=O)C[C@H]1CCCC(=O)[C@@H]1c1ccccc1. The maximum absolute atomic E-state index is 12.1. The second-order valence-corrected chi connectivity index (χ2v) is 4.79. The first-order valence-electron chi connectivity index (χ1n) is 6.37. The minimum Gasteiger partial charge on any atom is -0.469 e. The quantitative estimate of drug-likeness (QED) is 0.770. The highest BCUT2D eigenvalue weighted by molar-refractivity contribution is 5.87. The molecule has 3 heteroatoms. The molecule has 1 aromatic rings. The first-order chi connectivity index (χ1) is 8.72. The van der Waals surface area contributed by atoms with Gasteiger partial charge in [-0.15, -0.1) is 0 Å². The number of carbonyl (C=O) groups is 2. The third-order valence-electron chi connectivity index (χ3n) is 3.63. The largest absolute Gasteiger partial charge is 0.469 e. The summed E-state index contributed by atoms with van der Waals surface area (Å²) < 4.78 is 4.72. The van der Waals surface area contributed by atoms with Crippen LogP contribution in [0.5, 0.6) is 0 Å².